The van der Waals surface area contributed by atoms with Crippen molar-refractivity contribution in [1.82, 2.24) is 25.2 Å². The summed E-state index contributed by atoms with van der Waals surface area (Å²) < 4.78 is 0. The molecule has 0 bridgehead atoms. The Labute approximate surface area is 127 Å². The fourth-order valence-electron chi connectivity index (χ4n) is 2.51. The largest absolute Gasteiger partial charge is 0.323 e. The molecule has 22 heavy (non-hydrogen) atoms. The first-order valence-corrected chi connectivity index (χ1v) is 6.84. The van der Waals surface area contributed by atoms with E-state index < -0.39 is 0 Å². The molecule has 1 N–H and O–H groups in total. The van der Waals surface area contributed by atoms with E-state index in [2.05, 4.69) is 25.5 Å². The SMILES string of the molecule is CON1C(=O)c2nnc(Nc3cc(C)nc(C)n3)cc2C1C. The molecule has 0 aromatic carbocycles. The molecule has 1 amide bonds. The summed E-state index contributed by atoms with van der Waals surface area (Å²) in [5, 5.41) is 12.4. The molecule has 0 spiro atoms. The summed E-state index contributed by atoms with van der Waals surface area (Å²) in [4.78, 5) is 25.7. The average Bonchev–Trinajstić information content (AvgIpc) is 2.69. The molecule has 0 radical (unpaired) electrons. The van der Waals surface area contributed by atoms with Crippen molar-refractivity contribution in [2.75, 3.05) is 12.4 Å². The molecule has 2 aromatic rings. The number of carbonyl (C=O) groups is 1. The number of hydrogen-bond acceptors (Lipinski definition) is 7. The van der Waals surface area contributed by atoms with Crippen LogP contribution in [0.25, 0.3) is 0 Å². The van der Waals surface area contributed by atoms with Crippen molar-refractivity contribution in [3.8, 4) is 0 Å². The van der Waals surface area contributed by atoms with E-state index in [9.17, 15) is 4.79 Å². The van der Waals surface area contributed by atoms with Gasteiger partial charge in [-0.05, 0) is 26.8 Å². The maximum absolute atomic E-state index is 12.1. The molecule has 2 aromatic heterocycles. The van der Waals surface area contributed by atoms with Crippen LogP contribution in [0.5, 0.6) is 0 Å². The van der Waals surface area contributed by atoms with Crippen molar-refractivity contribution >= 4 is 17.5 Å². The fourth-order valence-corrected chi connectivity index (χ4v) is 2.51. The van der Waals surface area contributed by atoms with E-state index >= 15 is 0 Å². The number of nitrogens with zero attached hydrogens (tertiary/aromatic N) is 5. The zero-order valence-corrected chi connectivity index (χ0v) is 12.8. The van der Waals surface area contributed by atoms with Gasteiger partial charge in [-0.15, -0.1) is 10.2 Å². The summed E-state index contributed by atoms with van der Waals surface area (Å²) >= 11 is 0. The topological polar surface area (TPSA) is 93.1 Å². The van der Waals surface area contributed by atoms with Crippen LogP contribution < -0.4 is 5.32 Å². The Morgan fingerprint density at radius 2 is 1.95 bits per heavy atom. The number of rotatable bonds is 3. The smallest absolute Gasteiger partial charge is 0.298 e. The van der Waals surface area contributed by atoms with Gasteiger partial charge in [0.2, 0.25) is 0 Å². The molecule has 3 rings (SSSR count). The minimum absolute atomic E-state index is 0.211. The van der Waals surface area contributed by atoms with Crippen molar-refractivity contribution in [3.63, 3.8) is 0 Å². The fraction of sp³-hybridized carbons (Fsp3) is 0.357. The number of nitrogens with one attached hydrogen (secondary N) is 1. The van der Waals surface area contributed by atoms with Gasteiger partial charge in [-0.2, -0.15) is 0 Å². The summed E-state index contributed by atoms with van der Waals surface area (Å²) in [7, 11) is 1.46. The summed E-state index contributed by atoms with van der Waals surface area (Å²) in [6.07, 6.45) is 0. The number of fused-ring (bicyclic) bond motifs is 1. The normalized spacial score (nSPS) is 16.8. The first-order valence-electron chi connectivity index (χ1n) is 6.84. The molecule has 1 aliphatic heterocycles. The van der Waals surface area contributed by atoms with E-state index in [4.69, 9.17) is 4.84 Å². The van der Waals surface area contributed by atoms with E-state index in [1.54, 1.807) is 6.07 Å². The number of hydrogen-bond donors (Lipinski definition) is 1. The van der Waals surface area contributed by atoms with Crippen LogP contribution in [0.3, 0.4) is 0 Å². The van der Waals surface area contributed by atoms with Crippen molar-refractivity contribution in [2.45, 2.75) is 26.8 Å². The van der Waals surface area contributed by atoms with Crippen LogP contribution in [0.1, 0.15) is 40.5 Å². The predicted molar refractivity (Wildman–Crippen MR) is 78.4 cm³/mol. The van der Waals surface area contributed by atoms with Gasteiger partial charge in [-0.25, -0.2) is 15.0 Å². The summed E-state index contributed by atoms with van der Waals surface area (Å²) in [5.41, 5.74) is 1.94. The van der Waals surface area contributed by atoms with Crippen LogP contribution in [-0.4, -0.2) is 38.2 Å². The van der Waals surface area contributed by atoms with Crippen LogP contribution >= 0.6 is 0 Å². The molecule has 114 valence electrons. The second kappa shape index (κ2) is 5.30. The zero-order chi connectivity index (χ0) is 15.9. The number of hydroxylamine groups is 2. The highest BCUT2D eigenvalue weighted by molar-refractivity contribution is 5.96. The van der Waals surface area contributed by atoms with Gasteiger partial charge in [-0.1, -0.05) is 0 Å². The van der Waals surface area contributed by atoms with Gasteiger partial charge in [0.05, 0.1) is 13.2 Å². The molecular weight excluding hydrogens is 284 g/mol. The van der Waals surface area contributed by atoms with Crippen LogP contribution in [0.2, 0.25) is 0 Å². The van der Waals surface area contributed by atoms with Gasteiger partial charge in [0.1, 0.15) is 11.6 Å². The van der Waals surface area contributed by atoms with Crippen molar-refractivity contribution < 1.29 is 9.63 Å². The molecule has 0 aliphatic carbocycles. The lowest BCUT2D eigenvalue weighted by molar-refractivity contribution is -0.114. The Morgan fingerprint density at radius 1 is 1.18 bits per heavy atom. The van der Waals surface area contributed by atoms with Gasteiger partial charge in [0.25, 0.3) is 5.91 Å². The first kappa shape index (κ1) is 14.3. The van der Waals surface area contributed by atoms with Crippen molar-refractivity contribution in [1.29, 1.82) is 0 Å². The number of aryl methyl sites for hydroxylation is 2. The van der Waals surface area contributed by atoms with E-state index in [0.29, 0.717) is 23.2 Å². The van der Waals surface area contributed by atoms with Crippen molar-refractivity contribution in [2.24, 2.45) is 0 Å². The Balaban J connectivity index is 1.92. The second-order valence-electron chi connectivity index (χ2n) is 5.09. The van der Waals surface area contributed by atoms with Crippen LogP contribution in [0.4, 0.5) is 11.6 Å². The summed E-state index contributed by atoms with van der Waals surface area (Å²) in [6.45, 7) is 5.59. The third-order valence-electron chi connectivity index (χ3n) is 3.45. The molecule has 1 atom stereocenters. The van der Waals surface area contributed by atoms with Crippen LogP contribution in [-0.2, 0) is 4.84 Å². The molecule has 0 saturated carbocycles. The minimum atomic E-state index is -0.280. The third-order valence-corrected chi connectivity index (χ3v) is 3.45. The standard InChI is InChI=1S/C14H16N6O2/c1-7-5-11(16-9(3)15-7)17-12-6-10-8(2)20(22-4)14(21)13(10)19-18-12/h5-6,8H,1-4H3,(H,15,16,17,18). The van der Waals surface area contributed by atoms with Gasteiger partial charge in [0.15, 0.2) is 11.5 Å². The highest BCUT2D eigenvalue weighted by atomic mass is 16.7. The van der Waals surface area contributed by atoms with E-state index in [1.165, 1.54) is 12.2 Å². The summed E-state index contributed by atoms with van der Waals surface area (Å²) in [6, 6.07) is 3.40. The molecule has 0 fully saturated rings. The lowest BCUT2D eigenvalue weighted by Crippen LogP contribution is -2.25. The van der Waals surface area contributed by atoms with Gasteiger partial charge < -0.3 is 5.32 Å². The molecular formula is C14H16N6O2. The van der Waals surface area contributed by atoms with Gasteiger partial charge >= 0.3 is 0 Å². The maximum atomic E-state index is 12.1. The molecule has 3 heterocycles. The van der Waals surface area contributed by atoms with Gasteiger partial charge in [-0.3, -0.25) is 9.63 Å². The minimum Gasteiger partial charge on any atom is -0.323 e. The molecule has 8 heteroatoms. The third kappa shape index (κ3) is 2.37. The predicted octanol–water partition coefficient (Wildman–Crippen LogP) is 1.71. The number of carbonyl (C=O) groups excluding carboxylic acids is 1. The van der Waals surface area contributed by atoms with Gasteiger partial charge in [0, 0.05) is 17.3 Å². The Morgan fingerprint density at radius 3 is 2.64 bits per heavy atom. The molecule has 8 nitrogen and oxygen atoms in total. The molecule has 1 unspecified atom stereocenters. The zero-order valence-electron chi connectivity index (χ0n) is 12.8. The number of anilines is 2. The van der Waals surface area contributed by atoms with Crippen molar-refractivity contribution in [3.05, 3.63) is 34.9 Å². The van der Waals surface area contributed by atoms with E-state index in [0.717, 1.165) is 11.3 Å². The lowest BCUT2D eigenvalue weighted by atomic mass is 10.1. The van der Waals surface area contributed by atoms with E-state index in [-0.39, 0.29) is 11.9 Å². The highest BCUT2D eigenvalue weighted by Gasteiger charge is 2.36. The Kier molecular flexibility index (Phi) is 3.45. The second-order valence-corrected chi connectivity index (χ2v) is 5.09. The molecule has 1 aliphatic rings. The quantitative estimate of drug-likeness (QED) is 0.922. The number of amides is 1. The lowest BCUT2D eigenvalue weighted by Gasteiger charge is -2.17. The highest BCUT2D eigenvalue weighted by Crippen LogP contribution is 2.32. The monoisotopic (exact) mass is 300 g/mol. The molecule has 0 saturated heterocycles. The maximum Gasteiger partial charge on any atom is 0.298 e. The Bertz CT molecular complexity index is 728. The summed E-state index contributed by atoms with van der Waals surface area (Å²) in [5.74, 6) is 1.55. The first-order chi connectivity index (χ1) is 10.5. The van der Waals surface area contributed by atoms with Crippen LogP contribution in [0, 0.1) is 13.8 Å². The van der Waals surface area contributed by atoms with Crippen LogP contribution in [0.15, 0.2) is 12.1 Å². The number of aromatic nitrogens is 4. The van der Waals surface area contributed by atoms with E-state index in [1.807, 2.05) is 26.8 Å². The average molecular weight is 300 g/mol. The Hall–Kier alpha value is -2.61.